The lowest BCUT2D eigenvalue weighted by Crippen LogP contribution is -2.10. The van der Waals surface area contributed by atoms with Gasteiger partial charge in [0.25, 0.3) is 0 Å². The molecule has 0 atom stereocenters. The van der Waals surface area contributed by atoms with Gasteiger partial charge in [0.2, 0.25) is 0 Å². The molecule has 4 N–H and O–H groups in total. The van der Waals surface area contributed by atoms with Gasteiger partial charge in [-0.2, -0.15) is 36.5 Å². The second kappa shape index (κ2) is 18.3. The number of Topliss-reactive ketones (excluding diaryl/α,β-unsaturated/α-hetero) is 1. The number of ketones is 1. The summed E-state index contributed by atoms with van der Waals surface area (Å²) in [6.07, 6.45) is -5.90. The number of pyridine rings is 2. The smallest absolute Gasteiger partial charge is 0.411 e. The van der Waals surface area contributed by atoms with Crippen LogP contribution in [-0.2, 0) is 12.4 Å². The molecule has 0 unspecified atom stereocenters. The van der Waals surface area contributed by atoms with Gasteiger partial charge in [0.1, 0.15) is 11.4 Å². The SMILES string of the molecule is C/C(=N/O)c1cccc(-c2ccc3cnn(-c4cccc(C(F)(F)F)n4)c3c2)c1.CC(=O)c1cccc(-c2ccc3cnn(-c4cccc(C(F)(F)F)n4)c3c2)c1.Cl.NO. The predicted octanol–water partition coefficient (Wildman–Crippen LogP) is 10.4. The molecule has 0 aliphatic heterocycles. The van der Waals surface area contributed by atoms with Crippen LogP contribution in [0.2, 0.25) is 0 Å². The summed E-state index contributed by atoms with van der Waals surface area (Å²) in [7, 11) is 0. The molecule has 0 amide bonds. The van der Waals surface area contributed by atoms with Gasteiger partial charge in [0.15, 0.2) is 17.4 Å². The summed E-state index contributed by atoms with van der Waals surface area (Å²) in [6, 6.07) is 33.2. The van der Waals surface area contributed by atoms with Gasteiger partial charge in [-0.15, -0.1) is 12.4 Å². The van der Waals surface area contributed by atoms with Crippen LogP contribution >= 0.6 is 12.4 Å². The molecular weight excluding hydrogens is 814 g/mol. The van der Waals surface area contributed by atoms with Gasteiger partial charge >= 0.3 is 12.4 Å². The number of carbonyl (C=O) groups excluding carboxylic acids is 1. The van der Waals surface area contributed by atoms with Crippen molar-refractivity contribution in [3.8, 4) is 33.9 Å². The minimum Gasteiger partial charge on any atom is -0.411 e. The van der Waals surface area contributed by atoms with E-state index in [0.29, 0.717) is 22.3 Å². The molecule has 4 aromatic heterocycles. The maximum absolute atomic E-state index is 13.0. The van der Waals surface area contributed by atoms with Crippen molar-refractivity contribution >= 4 is 45.7 Å². The number of nitrogens with two attached hydrogens (primary N) is 1. The summed E-state index contributed by atoms with van der Waals surface area (Å²) in [5, 5.41) is 28.7. The molecule has 4 aromatic carbocycles. The summed E-state index contributed by atoms with van der Waals surface area (Å²) in [5.74, 6) is 3.63. The van der Waals surface area contributed by atoms with E-state index in [0.717, 1.165) is 50.7 Å². The normalized spacial score (nSPS) is 11.6. The van der Waals surface area contributed by atoms with E-state index in [-0.39, 0.29) is 29.8 Å². The molecule has 308 valence electrons. The third-order valence-corrected chi connectivity index (χ3v) is 8.99. The Morgan fingerprint density at radius 3 is 1.40 bits per heavy atom. The van der Waals surface area contributed by atoms with Crippen LogP contribution in [-0.4, -0.2) is 51.4 Å². The molecule has 60 heavy (non-hydrogen) atoms. The van der Waals surface area contributed by atoms with Crippen molar-refractivity contribution in [1.29, 1.82) is 0 Å². The average Bonchev–Trinajstić information content (AvgIpc) is 3.88. The van der Waals surface area contributed by atoms with Crippen LogP contribution in [0.1, 0.15) is 41.2 Å². The molecular formula is C42H33ClF6N8O3. The largest absolute Gasteiger partial charge is 0.433 e. The van der Waals surface area contributed by atoms with E-state index in [1.807, 2.05) is 66.7 Å². The van der Waals surface area contributed by atoms with Crippen molar-refractivity contribution in [2.24, 2.45) is 11.1 Å². The predicted molar refractivity (Wildman–Crippen MR) is 216 cm³/mol. The highest BCUT2D eigenvalue weighted by Crippen LogP contribution is 2.32. The molecule has 18 heteroatoms. The van der Waals surface area contributed by atoms with E-state index in [4.69, 9.17) is 10.4 Å². The Morgan fingerprint density at radius 2 is 0.983 bits per heavy atom. The quantitative estimate of drug-likeness (QED) is 0.0491. The number of nitrogens with zero attached hydrogens (tertiary/aromatic N) is 7. The zero-order valence-corrected chi connectivity index (χ0v) is 32.2. The van der Waals surface area contributed by atoms with Gasteiger partial charge in [0.05, 0.1) is 29.1 Å². The standard InChI is InChI=1S/C21H15F3N4O.C21H14F3N3O.ClH.H3NO/c1-13(27-29)14-4-2-5-15(10-14)16-8-9-17-12-25-28(18(17)11-16)20-7-3-6-19(26-20)21(22,23)24;1-13(28)14-4-2-5-15(10-14)16-8-9-17-12-25-27(18(17)11-16)20-7-3-6-19(26-20)21(22,23)24;;1-2/h2-12,29H,1H3;2-12H,1H3;1H;2H,1H2/b27-13-;;;. The molecule has 0 saturated heterocycles. The number of halogens is 7. The lowest BCUT2D eigenvalue weighted by atomic mass is 10.0. The first-order valence-corrected chi connectivity index (χ1v) is 17.4. The monoisotopic (exact) mass is 846 g/mol. The fraction of sp³-hybridized carbons (Fsp3) is 0.0952. The van der Waals surface area contributed by atoms with Gasteiger partial charge in [-0.05, 0) is 90.2 Å². The van der Waals surface area contributed by atoms with Crippen LogP contribution in [0.4, 0.5) is 26.3 Å². The molecule has 0 fully saturated rings. The van der Waals surface area contributed by atoms with E-state index < -0.39 is 23.7 Å². The number of alkyl halides is 6. The number of oxime groups is 1. The summed E-state index contributed by atoms with van der Waals surface area (Å²) in [5.41, 5.74) is 4.51. The lowest BCUT2D eigenvalue weighted by Gasteiger charge is -2.09. The van der Waals surface area contributed by atoms with E-state index in [2.05, 4.69) is 31.2 Å². The molecule has 0 saturated carbocycles. The number of carbonyl (C=O) groups is 1. The highest BCUT2D eigenvalue weighted by atomic mass is 35.5. The molecule has 11 nitrogen and oxygen atoms in total. The minimum atomic E-state index is -4.53. The molecule has 0 spiro atoms. The number of aromatic nitrogens is 6. The summed E-state index contributed by atoms with van der Waals surface area (Å²) in [6.45, 7) is 3.19. The Bertz CT molecular complexity index is 2820. The molecule has 0 aliphatic carbocycles. The zero-order chi connectivity index (χ0) is 42.5. The number of hydrogen-bond donors (Lipinski definition) is 3. The van der Waals surface area contributed by atoms with Crippen molar-refractivity contribution in [3.05, 3.63) is 156 Å². The van der Waals surface area contributed by atoms with E-state index >= 15 is 0 Å². The Kier molecular flexibility index (Phi) is 13.5. The molecule has 0 radical (unpaired) electrons. The third kappa shape index (κ3) is 9.66. The Labute approximate surface area is 343 Å². The fourth-order valence-corrected chi connectivity index (χ4v) is 6.06. The number of fused-ring (bicyclic) bond motifs is 2. The average molecular weight is 847 g/mol. The lowest BCUT2D eigenvalue weighted by molar-refractivity contribution is -0.141. The maximum Gasteiger partial charge on any atom is 0.433 e. The van der Waals surface area contributed by atoms with Crippen LogP contribution in [0, 0.1) is 0 Å². The van der Waals surface area contributed by atoms with Crippen molar-refractivity contribution in [2.45, 2.75) is 26.2 Å². The van der Waals surface area contributed by atoms with E-state index in [1.165, 1.54) is 40.6 Å². The van der Waals surface area contributed by atoms with Gasteiger partial charge < -0.3 is 10.4 Å². The first kappa shape index (κ1) is 44.2. The highest BCUT2D eigenvalue weighted by Gasteiger charge is 2.33. The third-order valence-electron chi connectivity index (χ3n) is 8.99. The second-order valence-electron chi connectivity index (χ2n) is 12.8. The highest BCUT2D eigenvalue weighted by molar-refractivity contribution is 5.99. The summed E-state index contributed by atoms with van der Waals surface area (Å²) in [4.78, 5) is 19.1. The molecule has 8 aromatic rings. The number of rotatable bonds is 6. The summed E-state index contributed by atoms with van der Waals surface area (Å²) < 4.78 is 80.8. The number of benzene rings is 4. The van der Waals surface area contributed by atoms with Gasteiger partial charge in [-0.1, -0.05) is 78.0 Å². The topological polar surface area (TPSA) is 157 Å². The number of hydrogen-bond acceptors (Lipinski definition) is 9. The van der Waals surface area contributed by atoms with Crippen LogP contribution in [0.5, 0.6) is 0 Å². The van der Waals surface area contributed by atoms with Crippen molar-refractivity contribution in [3.63, 3.8) is 0 Å². The van der Waals surface area contributed by atoms with E-state index in [9.17, 15) is 31.1 Å². The van der Waals surface area contributed by atoms with Gasteiger partial charge in [-0.25, -0.2) is 25.2 Å². The first-order valence-electron chi connectivity index (χ1n) is 17.4. The summed E-state index contributed by atoms with van der Waals surface area (Å²) >= 11 is 0. The molecule has 4 heterocycles. The van der Waals surface area contributed by atoms with Gasteiger partial charge in [-0.3, -0.25) is 4.79 Å². The van der Waals surface area contributed by atoms with Crippen LogP contribution in [0.25, 0.3) is 55.7 Å². The molecule has 0 aliphatic rings. The molecule has 0 bridgehead atoms. The Hall–Kier alpha value is -6.95. The zero-order valence-electron chi connectivity index (χ0n) is 31.4. The van der Waals surface area contributed by atoms with Gasteiger partial charge in [0, 0.05) is 16.3 Å². The van der Waals surface area contributed by atoms with Crippen molar-refractivity contribution in [1.82, 2.24) is 29.5 Å². The minimum absolute atomic E-state index is 0. The van der Waals surface area contributed by atoms with Crippen molar-refractivity contribution in [2.75, 3.05) is 0 Å². The van der Waals surface area contributed by atoms with E-state index in [1.54, 1.807) is 37.5 Å². The Morgan fingerprint density at radius 1 is 0.583 bits per heavy atom. The fourth-order valence-electron chi connectivity index (χ4n) is 6.06. The Balaban J connectivity index is 0.000000215. The molecule has 8 rings (SSSR count). The maximum atomic E-state index is 13.0. The van der Waals surface area contributed by atoms with Crippen LogP contribution in [0.15, 0.2) is 139 Å². The second-order valence-corrected chi connectivity index (χ2v) is 12.8. The first-order chi connectivity index (χ1) is 28.2. The van der Waals surface area contributed by atoms with Crippen LogP contribution in [0.3, 0.4) is 0 Å². The van der Waals surface area contributed by atoms with Crippen molar-refractivity contribution < 1.29 is 41.6 Å². The van der Waals surface area contributed by atoms with Crippen LogP contribution < -0.4 is 5.90 Å².